The summed E-state index contributed by atoms with van der Waals surface area (Å²) in [6.07, 6.45) is 3.45. The zero-order valence-corrected chi connectivity index (χ0v) is 18.1. The van der Waals surface area contributed by atoms with Crippen LogP contribution in [0.2, 0.25) is 0 Å². The SMILES string of the molecule is CNCCCCN1CC[C@@H](CNC(=O)c2cc(OC)cc3c2OCCCO3)C(O)C1. The minimum atomic E-state index is -0.439. The predicted molar refractivity (Wildman–Crippen MR) is 115 cm³/mol. The molecule has 1 amide bonds. The molecule has 8 nitrogen and oxygen atoms in total. The number of carbonyl (C=O) groups is 1. The van der Waals surface area contributed by atoms with Crippen molar-refractivity contribution in [3.8, 4) is 17.2 Å². The monoisotopic (exact) mass is 421 g/mol. The lowest BCUT2D eigenvalue weighted by Gasteiger charge is -2.36. The molecule has 8 heteroatoms. The van der Waals surface area contributed by atoms with Crippen LogP contribution in [0.25, 0.3) is 0 Å². The van der Waals surface area contributed by atoms with Gasteiger partial charge >= 0.3 is 0 Å². The van der Waals surface area contributed by atoms with Gasteiger partial charge in [0.25, 0.3) is 5.91 Å². The highest BCUT2D eigenvalue weighted by Gasteiger charge is 2.29. The van der Waals surface area contributed by atoms with Gasteiger partial charge in [-0.1, -0.05) is 0 Å². The van der Waals surface area contributed by atoms with Gasteiger partial charge in [0, 0.05) is 31.5 Å². The van der Waals surface area contributed by atoms with Crippen LogP contribution >= 0.6 is 0 Å². The number of β-amino-alcohol motifs (C(OH)–C–C–N with tert-alkyl or cyclic N) is 1. The molecular weight excluding hydrogens is 386 g/mol. The van der Waals surface area contributed by atoms with Gasteiger partial charge in [0.15, 0.2) is 11.5 Å². The minimum absolute atomic E-state index is 0.0453. The topological polar surface area (TPSA) is 92.3 Å². The molecule has 3 rings (SSSR count). The van der Waals surface area contributed by atoms with Crippen LogP contribution in [0.15, 0.2) is 12.1 Å². The van der Waals surface area contributed by atoms with E-state index < -0.39 is 6.10 Å². The normalized spacial score (nSPS) is 21.7. The number of benzene rings is 1. The number of fused-ring (bicyclic) bond motifs is 1. The van der Waals surface area contributed by atoms with Crippen LogP contribution in [-0.2, 0) is 0 Å². The third-order valence-electron chi connectivity index (χ3n) is 5.78. The number of hydrogen-bond donors (Lipinski definition) is 3. The Morgan fingerprint density at radius 2 is 2.13 bits per heavy atom. The van der Waals surface area contributed by atoms with E-state index in [1.165, 1.54) is 0 Å². The Balaban J connectivity index is 1.55. The molecule has 2 atom stereocenters. The third-order valence-corrected chi connectivity index (χ3v) is 5.78. The Kier molecular flexibility index (Phi) is 8.60. The second-order valence-corrected chi connectivity index (χ2v) is 7.99. The Hall–Kier alpha value is -2.03. The van der Waals surface area contributed by atoms with E-state index in [2.05, 4.69) is 15.5 Å². The molecule has 0 aromatic heterocycles. The predicted octanol–water partition coefficient (Wildman–Crippen LogP) is 1.27. The molecule has 2 heterocycles. The van der Waals surface area contributed by atoms with Crippen LogP contribution in [0.4, 0.5) is 0 Å². The van der Waals surface area contributed by atoms with E-state index in [0.29, 0.717) is 49.1 Å². The number of unbranched alkanes of at least 4 members (excludes halogenated alkanes) is 1. The van der Waals surface area contributed by atoms with Gasteiger partial charge in [-0.2, -0.15) is 0 Å². The standard InChI is InChI=1S/C22H35N3O5/c1-23-7-3-4-8-25-9-6-16(19(26)15-25)14-24-22(27)18-12-17(28-2)13-20-21(18)30-11-5-10-29-20/h12-13,16,19,23,26H,3-11,14-15H2,1-2H3,(H,24,27)/t16-,19?/m0/s1. The van der Waals surface area contributed by atoms with Crippen molar-refractivity contribution < 1.29 is 24.1 Å². The van der Waals surface area contributed by atoms with Gasteiger partial charge in [-0.15, -0.1) is 0 Å². The summed E-state index contributed by atoms with van der Waals surface area (Å²) in [6.45, 7) is 5.11. The quantitative estimate of drug-likeness (QED) is 0.517. The Morgan fingerprint density at radius 1 is 1.30 bits per heavy atom. The zero-order valence-electron chi connectivity index (χ0n) is 18.1. The van der Waals surface area contributed by atoms with E-state index in [-0.39, 0.29) is 11.8 Å². The van der Waals surface area contributed by atoms with Crippen molar-refractivity contribution in [2.45, 2.75) is 31.8 Å². The van der Waals surface area contributed by atoms with Gasteiger partial charge in [0.1, 0.15) is 5.75 Å². The van der Waals surface area contributed by atoms with Gasteiger partial charge in [-0.25, -0.2) is 0 Å². The summed E-state index contributed by atoms with van der Waals surface area (Å²) in [4.78, 5) is 15.2. The van der Waals surface area contributed by atoms with Crippen molar-refractivity contribution >= 4 is 5.91 Å². The van der Waals surface area contributed by atoms with E-state index in [1.807, 2.05) is 7.05 Å². The maximum absolute atomic E-state index is 12.9. The second kappa shape index (κ2) is 11.4. The molecule has 3 N–H and O–H groups in total. The minimum Gasteiger partial charge on any atom is -0.497 e. The molecule has 1 unspecified atom stereocenters. The number of nitrogens with zero attached hydrogens (tertiary/aromatic N) is 1. The van der Waals surface area contributed by atoms with Crippen molar-refractivity contribution in [3.05, 3.63) is 17.7 Å². The molecule has 1 aromatic carbocycles. The molecule has 1 saturated heterocycles. The Labute approximate surface area is 178 Å². The Bertz CT molecular complexity index is 700. The van der Waals surface area contributed by atoms with Crippen LogP contribution in [-0.4, -0.2) is 82.1 Å². The summed E-state index contributed by atoms with van der Waals surface area (Å²) in [5.74, 6) is 1.35. The number of ether oxygens (including phenoxy) is 3. The smallest absolute Gasteiger partial charge is 0.255 e. The average Bonchev–Trinajstić information content (AvgIpc) is 3.00. The maximum Gasteiger partial charge on any atom is 0.255 e. The first kappa shape index (κ1) is 22.7. The first-order chi connectivity index (χ1) is 14.6. The number of piperidine rings is 1. The lowest BCUT2D eigenvalue weighted by molar-refractivity contribution is 0.0216. The number of likely N-dealkylation sites (tertiary alicyclic amines) is 1. The number of hydrogen-bond acceptors (Lipinski definition) is 7. The summed E-state index contributed by atoms with van der Waals surface area (Å²) in [5, 5.41) is 16.7. The van der Waals surface area contributed by atoms with Crippen LogP contribution in [0.3, 0.4) is 0 Å². The van der Waals surface area contributed by atoms with Crippen LogP contribution in [0, 0.1) is 5.92 Å². The third kappa shape index (κ3) is 6.00. The molecule has 2 aliphatic rings. The van der Waals surface area contributed by atoms with Crippen molar-refractivity contribution in [3.63, 3.8) is 0 Å². The van der Waals surface area contributed by atoms with Gasteiger partial charge in [-0.05, 0) is 52.0 Å². The zero-order chi connectivity index (χ0) is 21.3. The molecule has 0 saturated carbocycles. The van der Waals surface area contributed by atoms with E-state index in [4.69, 9.17) is 14.2 Å². The van der Waals surface area contributed by atoms with Crippen LogP contribution in [0.1, 0.15) is 36.0 Å². The van der Waals surface area contributed by atoms with Gasteiger partial charge in [0.05, 0.1) is 32.0 Å². The van der Waals surface area contributed by atoms with E-state index in [0.717, 1.165) is 45.3 Å². The molecule has 0 radical (unpaired) electrons. The van der Waals surface area contributed by atoms with E-state index in [1.54, 1.807) is 19.2 Å². The fourth-order valence-electron chi connectivity index (χ4n) is 3.98. The fourth-order valence-corrected chi connectivity index (χ4v) is 3.98. The summed E-state index contributed by atoms with van der Waals surface area (Å²) >= 11 is 0. The van der Waals surface area contributed by atoms with Gasteiger partial charge < -0.3 is 34.9 Å². The summed E-state index contributed by atoms with van der Waals surface area (Å²) in [7, 11) is 3.52. The number of nitrogens with one attached hydrogen (secondary N) is 2. The van der Waals surface area contributed by atoms with Crippen LogP contribution < -0.4 is 24.8 Å². The Morgan fingerprint density at radius 3 is 2.90 bits per heavy atom. The average molecular weight is 422 g/mol. The highest BCUT2D eigenvalue weighted by Crippen LogP contribution is 2.37. The molecule has 0 bridgehead atoms. The number of aliphatic hydroxyl groups excluding tert-OH is 1. The molecule has 0 spiro atoms. The van der Waals surface area contributed by atoms with E-state index in [9.17, 15) is 9.90 Å². The molecule has 1 fully saturated rings. The first-order valence-electron chi connectivity index (χ1n) is 10.9. The fraction of sp³-hybridized carbons (Fsp3) is 0.682. The lowest BCUT2D eigenvalue weighted by atomic mass is 9.93. The molecule has 30 heavy (non-hydrogen) atoms. The molecule has 1 aromatic rings. The number of carbonyl (C=O) groups excluding carboxylic acids is 1. The number of rotatable bonds is 9. The van der Waals surface area contributed by atoms with Crippen molar-refractivity contribution in [1.29, 1.82) is 0 Å². The second-order valence-electron chi connectivity index (χ2n) is 7.99. The summed E-state index contributed by atoms with van der Waals surface area (Å²) in [5.41, 5.74) is 0.405. The van der Waals surface area contributed by atoms with E-state index >= 15 is 0 Å². The number of aliphatic hydroxyl groups is 1. The number of amides is 1. The van der Waals surface area contributed by atoms with Crippen molar-refractivity contribution in [1.82, 2.24) is 15.5 Å². The molecule has 0 aliphatic carbocycles. The van der Waals surface area contributed by atoms with Gasteiger partial charge in [0.2, 0.25) is 0 Å². The van der Waals surface area contributed by atoms with Crippen molar-refractivity contribution in [2.24, 2.45) is 5.92 Å². The highest BCUT2D eigenvalue weighted by atomic mass is 16.5. The summed E-state index contributed by atoms with van der Waals surface area (Å²) < 4.78 is 16.8. The van der Waals surface area contributed by atoms with Gasteiger partial charge in [-0.3, -0.25) is 4.79 Å². The lowest BCUT2D eigenvalue weighted by Crippen LogP contribution is -2.47. The maximum atomic E-state index is 12.9. The summed E-state index contributed by atoms with van der Waals surface area (Å²) in [6, 6.07) is 3.42. The highest BCUT2D eigenvalue weighted by molar-refractivity contribution is 5.98. The molecule has 2 aliphatic heterocycles. The first-order valence-corrected chi connectivity index (χ1v) is 10.9. The molecule has 168 valence electrons. The largest absolute Gasteiger partial charge is 0.497 e. The van der Waals surface area contributed by atoms with Crippen molar-refractivity contribution in [2.75, 3.05) is 60.1 Å². The molecular formula is C22H35N3O5. The number of methoxy groups -OCH3 is 1. The van der Waals surface area contributed by atoms with Crippen LogP contribution in [0.5, 0.6) is 17.2 Å².